The van der Waals surface area contributed by atoms with Crippen molar-refractivity contribution >= 4 is 53.7 Å². The zero-order valence-corrected chi connectivity index (χ0v) is 36.9. The predicted octanol–water partition coefficient (Wildman–Crippen LogP) is 11.0. The molecule has 0 unspecified atom stereocenters. The molecule has 1 aliphatic rings. The number of alkyl halides is 3. The van der Waals surface area contributed by atoms with Gasteiger partial charge in [-0.3, -0.25) is 9.69 Å². The molecule has 0 amide bonds. The molecule has 0 aliphatic carbocycles. The zero-order valence-electron chi connectivity index (χ0n) is 33.2. The lowest BCUT2D eigenvalue weighted by atomic mass is 9.96. The van der Waals surface area contributed by atoms with Crippen molar-refractivity contribution in [3.63, 3.8) is 0 Å². The van der Waals surface area contributed by atoms with Crippen molar-refractivity contribution < 1.29 is 45.1 Å². The highest BCUT2D eigenvalue weighted by atomic mass is 32.2. The van der Waals surface area contributed by atoms with Gasteiger partial charge in [0.2, 0.25) is 0 Å². The topological polar surface area (TPSA) is 102 Å². The Kier molecular flexibility index (Phi) is 11.8. The van der Waals surface area contributed by atoms with Crippen LogP contribution in [-0.2, 0) is 9.84 Å². The Bertz CT molecular complexity index is 2160. The van der Waals surface area contributed by atoms with Crippen LogP contribution in [0.3, 0.4) is 0 Å². The van der Waals surface area contributed by atoms with E-state index in [-0.39, 0.29) is 36.2 Å². The van der Waals surface area contributed by atoms with Crippen molar-refractivity contribution in [3.8, 4) is 33.4 Å². The summed E-state index contributed by atoms with van der Waals surface area (Å²) in [4.78, 5) is 16.2. The van der Waals surface area contributed by atoms with Crippen LogP contribution in [0.25, 0.3) is 20.5 Å². The Balaban J connectivity index is 1.73. The number of rotatable bonds is 12. The number of aromatic hydroxyl groups is 1. The first-order valence-electron chi connectivity index (χ1n) is 18.4. The summed E-state index contributed by atoms with van der Waals surface area (Å²) in [7, 11) is -10.9. The van der Waals surface area contributed by atoms with Gasteiger partial charge in [-0.05, 0) is 111 Å². The molecule has 1 aromatic heterocycles. The first kappa shape index (κ1) is 42.8. The molecule has 8 nitrogen and oxygen atoms in total. The van der Waals surface area contributed by atoms with Crippen molar-refractivity contribution in [1.82, 2.24) is 4.90 Å². The Hall–Kier alpha value is -3.38. The molecule has 1 fully saturated rings. The molecule has 2 heterocycles. The fourth-order valence-electron chi connectivity index (χ4n) is 5.74. The van der Waals surface area contributed by atoms with Crippen molar-refractivity contribution in [1.29, 1.82) is 0 Å². The Labute approximate surface area is 328 Å². The van der Waals surface area contributed by atoms with Crippen LogP contribution in [0.1, 0.15) is 70.3 Å². The molecule has 0 bridgehead atoms. The van der Waals surface area contributed by atoms with Crippen LogP contribution >= 0.6 is 11.3 Å². The molecule has 3 aromatic carbocycles. The molecule has 1 saturated heterocycles. The van der Waals surface area contributed by atoms with E-state index in [9.17, 15) is 31.5 Å². The molecule has 1 aliphatic heterocycles. The number of phenols is 1. The summed E-state index contributed by atoms with van der Waals surface area (Å²) in [6.45, 7) is 24.3. The highest BCUT2D eigenvalue weighted by Gasteiger charge is 2.48. The molecule has 0 saturated carbocycles. The van der Waals surface area contributed by atoms with Crippen LogP contribution < -0.4 is 13.6 Å². The van der Waals surface area contributed by atoms with Gasteiger partial charge in [-0.15, -0.1) is 11.3 Å². The Morgan fingerprint density at radius 1 is 0.873 bits per heavy atom. The number of thiophene rings is 1. The number of carbonyl (C=O) groups is 1. The van der Waals surface area contributed by atoms with Gasteiger partial charge in [0, 0.05) is 27.8 Å². The summed E-state index contributed by atoms with van der Waals surface area (Å²) in [6, 6.07) is 13.3. The summed E-state index contributed by atoms with van der Waals surface area (Å²) in [6.07, 6.45) is 2.34. The molecule has 55 heavy (non-hydrogen) atoms. The standard InChI is InChI=1S/C40H52F3NO7S2Si2/c1-38(2,3)54(7,8)50-31-15-13-14-29(36(31)51-55(9,10)39(4,5)6)37-34(33-30(45)24-28(25-32(33)52-37)53(47,48)40(41,42)43)35(46)26-16-18-27(19-17-26)49-23-22-44-20-11-12-21-44/h13-19,24-25,45H,11-12,20-23H2,1-10H3. The molecule has 15 heteroatoms. The first-order valence-corrected chi connectivity index (χ1v) is 26.5. The third kappa shape index (κ3) is 8.80. The van der Waals surface area contributed by atoms with E-state index in [1.807, 2.05) is 6.07 Å². The van der Waals surface area contributed by atoms with Gasteiger partial charge in [-0.2, -0.15) is 13.2 Å². The average Bonchev–Trinajstić information content (AvgIpc) is 3.72. The van der Waals surface area contributed by atoms with Crippen molar-refractivity contribution in [3.05, 3.63) is 65.7 Å². The lowest BCUT2D eigenvalue weighted by Crippen LogP contribution is -2.45. The SMILES string of the molecule is CC(C)(C)[Si](C)(C)Oc1cccc(-c2sc3cc(S(=O)(=O)C(F)(F)F)cc(O)c3c2C(=O)c2ccc(OCCN3CCCC3)cc2)c1O[Si](C)(C)C(C)(C)C. The normalized spacial score (nSPS) is 15.1. The highest BCUT2D eigenvalue weighted by Crippen LogP contribution is 2.52. The minimum atomic E-state index is -5.83. The van der Waals surface area contributed by atoms with Gasteiger partial charge in [0.1, 0.15) is 23.9 Å². The summed E-state index contributed by atoms with van der Waals surface area (Å²) >= 11 is 0.910. The Morgan fingerprint density at radius 2 is 1.45 bits per heavy atom. The van der Waals surface area contributed by atoms with E-state index in [0.29, 0.717) is 35.5 Å². The van der Waals surface area contributed by atoms with Gasteiger partial charge < -0.3 is 18.7 Å². The first-order chi connectivity index (χ1) is 25.2. The van der Waals surface area contributed by atoms with Crippen LogP contribution in [0.2, 0.25) is 36.3 Å². The number of likely N-dealkylation sites (tertiary alicyclic amines) is 1. The number of benzene rings is 3. The van der Waals surface area contributed by atoms with Gasteiger partial charge >= 0.3 is 5.51 Å². The number of hydrogen-bond acceptors (Lipinski definition) is 9. The summed E-state index contributed by atoms with van der Waals surface area (Å²) < 4.78 is 86.2. The van der Waals surface area contributed by atoms with Crippen molar-refractivity contribution in [2.24, 2.45) is 0 Å². The van der Waals surface area contributed by atoms with Crippen LogP contribution in [0.15, 0.2) is 59.5 Å². The van der Waals surface area contributed by atoms with Gasteiger partial charge in [0.15, 0.2) is 11.5 Å². The lowest BCUT2D eigenvalue weighted by Gasteiger charge is -2.40. The molecule has 5 rings (SSSR count). The molecular weight excluding hydrogens is 784 g/mol. The van der Waals surface area contributed by atoms with E-state index in [1.165, 1.54) is 12.8 Å². The van der Waals surface area contributed by atoms with E-state index in [1.54, 1.807) is 36.4 Å². The predicted molar refractivity (Wildman–Crippen MR) is 219 cm³/mol. The smallest absolute Gasteiger partial charge is 0.501 e. The van der Waals surface area contributed by atoms with Crippen molar-refractivity contribution in [2.75, 3.05) is 26.2 Å². The number of carbonyl (C=O) groups excluding carboxylic acids is 1. The van der Waals surface area contributed by atoms with Crippen molar-refractivity contribution in [2.45, 2.75) is 101 Å². The molecule has 0 spiro atoms. The largest absolute Gasteiger partial charge is 0.541 e. The summed E-state index contributed by atoms with van der Waals surface area (Å²) in [5.41, 5.74) is -4.93. The van der Waals surface area contributed by atoms with E-state index >= 15 is 0 Å². The maximum atomic E-state index is 14.7. The zero-order chi connectivity index (χ0) is 40.9. The average molecular weight is 836 g/mol. The molecule has 0 atom stereocenters. The number of phenolic OH excluding ortho intramolecular Hbond substituents is 1. The fraction of sp³-hybridized carbons (Fsp3) is 0.475. The fourth-order valence-corrected chi connectivity index (χ4v) is 9.95. The number of sulfone groups is 1. The number of para-hydroxylation sites is 1. The molecule has 0 radical (unpaired) electrons. The molecule has 300 valence electrons. The molecule has 4 aromatic rings. The van der Waals surface area contributed by atoms with E-state index in [0.717, 1.165) is 37.0 Å². The second-order valence-electron chi connectivity index (χ2n) is 17.2. The maximum Gasteiger partial charge on any atom is 0.501 e. The van der Waals surface area contributed by atoms with Gasteiger partial charge in [-0.1, -0.05) is 47.6 Å². The van der Waals surface area contributed by atoms with Gasteiger partial charge in [-0.25, -0.2) is 8.42 Å². The Morgan fingerprint density at radius 3 is 2.02 bits per heavy atom. The summed E-state index contributed by atoms with van der Waals surface area (Å²) in [5.74, 6) is 0.111. The van der Waals surface area contributed by atoms with E-state index in [4.69, 9.17) is 13.6 Å². The third-order valence-electron chi connectivity index (χ3n) is 11.1. The van der Waals surface area contributed by atoms with Gasteiger partial charge in [0.25, 0.3) is 26.5 Å². The minimum Gasteiger partial charge on any atom is -0.541 e. The van der Waals surface area contributed by atoms with Crippen LogP contribution in [0, 0.1) is 0 Å². The number of fused-ring (bicyclic) bond motifs is 1. The number of halogens is 3. The minimum absolute atomic E-state index is 0.000663. The van der Waals surface area contributed by atoms with Crippen LogP contribution in [0.4, 0.5) is 13.2 Å². The second kappa shape index (κ2) is 15.2. The molecule has 1 N–H and O–H groups in total. The lowest BCUT2D eigenvalue weighted by molar-refractivity contribution is -0.0436. The molecular formula is C40H52F3NO7S2Si2. The highest BCUT2D eigenvalue weighted by molar-refractivity contribution is 7.92. The number of nitrogens with zero attached hydrogens (tertiary/aromatic N) is 1. The van der Waals surface area contributed by atoms with Crippen LogP contribution in [-0.4, -0.2) is 72.6 Å². The maximum absolute atomic E-state index is 14.7. The quantitative estimate of drug-likeness (QED) is 0.111. The van der Waals surface area contributed by atoms with Crippen LogP contribution in [0.5, 0.6) is 23.0 Å². The van der Waals surface area contributed by atoms with E-state index < -0.39 is 48.4 Å². The van der Waals surface area contributed by atoms with Gasteiger partial charge in [0.05, 0.1) is 15.3 Å². The second-order valence-corrected chi connectivity index (χ2v) is 29.6. The van der Waals surface area contributed by atoms with E-state index in [2.05, 4.69) is 72.6 Å². The number of ether oxygens (including phenoxy) is 1. The number of hydrogen-bond donors (Lipinski definition) is 1. The number of ketones is 1. The third-order valence-corrected chi connectivity index (χ3v) is 22.4. The summed E-state index contributed by atoms with van der Waals surface area (Å²) in [5, 5.41) is 10.9. The monoisotopic (exact) mass is 835 g/mol.